The van der Waals surface area contributed by atoms with Gasteiger partial charge in [0.2, 0.25) is 11.7 Å². The zero-order valence-corrected chi connectivity index (χ0v) is 19.7. The van der Waals surface area contributed by atoms with Gasteiger partial charge in [-0.2, -0.15) is 0 Å². The van der Waals surface area contributed by atoms with Gasteiger partial charge in [0, 0.05) is 18.5 Å². The topological polar surface area (TPSA) is 84.9 Å². The van der Waals surface area contributed by atoms with Crippen LogP contribution in [0, 0.1) is 6.92 Å². The van der Waals surface area contributed by atoms with Gasteiger partial charge in [-0.05, 0) is 49.6 Å². The van der Waals surface area contributed by atoms with E-state index in [1.54, 1.807) is 23.3 Å². The predicted octanol–water partition coefficient (Wildman–Crippen LogP) is 5.34. The highest BCUT2D eigenvalue weighted by molar-refractivity contribution is 6.11. The number of amides is 2. The standard InChI is InChI=1S/C28H28N2O5/c1-19-7-4-8-20(15-19)16-25(31)29-26-23-11-2-3-12-24(23)35-27(26)28(32)30(17-21-9-5-13-33-21)18-22-10-6-14-34-22/h2-5,7-9,11-13,15,22H,6,10,14,16-18H2,1H3,(H,29,31)/t22-/m1/s1. The molecule has 1 fully saturated rings. The summed E-state index contributed by atoms with van der Waals surface area (Å²) in [5.74, 6) is 0.234. The molecule has 1 aliphatic heterocycles. The number of carbonyl (C=O) groups is 2. The van der Waals surface area contributed by atoms with E-state index in [2.05, 4.69) is 5.32 Å². The second-order valence-corrected chi connectivity index (χ2v) is 8.92. The highest BCUT2D eigenvalue weighted by atomic mass is 16.5. The fourth-order valence-corrected chi connectivity index (χ4v) is 4.50. The Morgan fingerprint density at radius 3 is 2.74 bits per heavy atom. The molecule has 2 aromatic heterocycles. The Hall–Kier alpha value is -3.84. The van der Waals surface area contributed by atoms with E-state index < -0.39 is 0 Å². The van der Waals surface area contributed by atoms with Crippen LogP contribution in [0.1, 0.15) is 40.3 Å². The fraction of sp³-hybridized carbons (Fsp3) is 0.286. The van der Waals surface area contributed by atoms with Gasteiger partial charge in [0.05, 0.1) is 25.3 Å². The van der Waals surface area contributed by atoms with Gasteiger partial charge in [0.15, 0.2) is 0 Å². The van der Waals surface area contributed by atoms with Crippen molar-refractivity contribution >= 4 is 28.5 Å². The van der Waals surface area contributed by atoms with Gasteiger partial charge in [0.1, 0.15) is 17.0 Å². The van der Waals surface area contributed by atoms with Gasteiger partial charge in [0.25, 0.3) is 5.91 Å². The lowest BCUT2D eigenvalue weighted by Gasteiger charge is -2.24. The van der Waals surface area contributed by atoms with Crippen LogP contribution in [0.4, 0.5) is 5.69 Å². The number of nitrogens with zero attached hydrogens (tertiary/aromatic N) is 1. The molecular formula is C28H28N2O5. The van der Waals surface area contributed by atoms with Crippen LogP contribution in [0.5, 0.6) is 0 Å². The first-order valence-corrected chi connectivity index (χ1v) is 11.9. The molecule has 1 saturated heterocycles. The summed E-state index contributed by atoms with van der Waals surface area (Å²) in [6.07, 6.45) is 3.60. The number of rotatable bonds is 8. The first-order chi connectivity index (χ1) is 17.1. The summed E-state index contributed by atoms with van der Waals surface area (Å²) in [7, 11) is 0. The molecule has 2 aromatic carbocycles. The smallest absolute Gasteiger partial charge is 0.292 e. The number of para-hydroxylation sites is 1. The van der Waals surface area contributed by atoms with E-state index in [-0.39, 0.29) is 36.6 Å². The summed E-state index contributed by atoms with van der Waals surface area (Å²) < 4.78 is 17.3. The lowest BCUT2D eigenvalue weighted by atomic mass is 10.1. The highest BCUT2D eigenvalue weighted by Crippen LogP contribution is 2.32. The van der Waals surface area contributed by atoms with Crippen LogP contribution in [0.15, 0.2) is 75.8 Å². The second kappa shape index (κ2) is 10.2. The monoisotopic (exact) mass is 472 g/mol. The molecule has 7 nitrogen and oxygen atoms in total. The molecule has 3 heterocycles. The minimum Gasteiger partial charge on any atom is -0.467 e. The van der Waals surface area contributed by atoms with Gasteiger partial charge in [-0.15, -0.1) is 0 Å². The summed E-state index contributed by atoms with van der Waals surface area (Å²) in [6, 6.07) is 18.8. The molecule has 1 atom stereocenters. The van der Waals surface area contributed by atoms with E-state index in [0.717, 1.165) is 24.0 Å². The van der Waals surface area contributed by atoms with Crippen molar-refractivity contribution in [2.24, 2.45) is 0 Å². The average molecular weight is 473 g/mol. The lowest BCUT2D eigenvalue weighted by molar-refractivity contribution is -0.115. The van der Waals surface area contributed by atoms with Crippen LogP contribution in [0.25, 0.3) is 11.0 Å². The van der Waals surface area contributed by atoms with Gasteiger partial charge >= 0.3 is 0 Å². The highest BCUT2D eigenvalue weighted by Gasteiger charge is 2.30. The minimum absolute atomic E-state index is 0.0438. The van der Waals surface area contributed by atoms with E-state index >= 15 is 0 Å². The minimum atomic E-state index is -0.320. The number of benzene rings is 2. The Morgan fingerprint density at radius 2 is 1.97 bits per heavy atom. The Bertz CT molecular complexity index is 1320. The molecule has 0 radical (unpaired) electrons. The van der Waals surface area contributed by atoms with Crippen molar-refractivity contribution in [3.8, 4) is 0 Å². The van der Waals surface area contributed by atoms with Crippen molar-refractivity contribution in [2.45, 2.75) is 38.8 Å². The molecule has 1 aliphatic rings. The molecule has 0 saturated carbocycles. The molecule has 5 rings (SSSR count). The first-order valence-electron chi connectivity index (χ1n) is 11.9. The largest absolute Gasteiger partial charge is 0.467 e. The molecule has 1 N–H and O–H groups in total. The van der Waals surface area contributed by atoms with E-state index in [4.69, 9.17) is 13.6 Å². The van der Waals surface area contributed by atoms with E-state index in [1.807, 2.05) is 55.5 Å². The Balaban J connectivity index is 1.45. The maximum atomic E-state index is 13.8. The summed E-state index contributed by atoms with van der Waals surface area (Å²) in [4.78, 5) is 28.5. The van der Waals surface area contributed by atoms with Gasteiger partial charge in [-0.3, -0.25) is 9.59 Å². The van der Waals surface area contributed by atoms with Crippen LogP contribution in [0.2, 0.25) is 0 Å². The molecule has 35 heavy (non-hydrogen) atoms. The van der Waals surface area contributed by atoms with Gasteiger partial charge in [-0.1, -0.05) is 42.0 Å². The Kier molecular flexibility index (Phi) is 6.68. The maximum absolute atomic E-state index is 13.8. The van der Waals surface area contributed by atoms with Crippen molar-refractivity contribution in [1.29, 1.82) is 0 Å². The van der Waals surface area contributed by atoms with Crippen molar-refractivity contribution in [3.05, 3.63) is 89.6 Å². The van der Waals surface area contributed by atoms with Crippen LogP contribution in [-0.2, 0) is 22.5 Å². The van der Waals surface area contributed by atoms with Crippen molar-refractivity contribution < 1.29 is 23.2 Å². The van der Waals surface area contributed by atoms with Crippen LogP contribution in [0.3, 0.4) is 0 Å². The number of anilines is 1. The zero-order valence-electron chi connectivity index (χ0n) is 19.7. The summed E-state index contributed by atoms with van der Waals surface area (Å²) in [6.45, 7) is 3.37. The Morgan fingerprint density at radius 1 is 1.09 bits per heavy atom. The third kappa shape index (κ3) is 5.30. The summed E-state index contributed by atoms with van der Waals surface area (Å²) >= 11 is 0. The number of furan rings is 2. The van der Waals surface area contributed by atoms with Crippen LogP contribution >= 0.6 is 0 Å². The lowest BCUT2D eigenvalue weighted by Crippen LogP contribution is -2.37. The second-order valence-electron chi connectivity index (χ2n) is 8.92. The molecule has 0 aliphatic carbocycles. The van der Waals surface area contributed by atoms with E-state index in [0.29, 0.717) is 35.6 Å². The summed E-state index contributed by atoms with van der Waals surface area (Å²) in [5.41, 5.74) is 2.92. The quantitative estimate of drug-likeness (QED) is 0.374. The molecular weight excluding hydrogens is 444 g/mol. The molecule has 0 unspecified atom stereocenters. The average Bonchev–Trinajstić information content (AvgIpc) is 3.61. The molecule has 0 bridgehead atoms. The number of hydrogen-bond donors (Lipinski definition) is 1. The van der Waals surface area contributed by atoms with Crippen molar-refractivity contribution in [2.75, 3.05) is 18.5 Å². The number of nitrogens with one attached hydrogen (secondary N) is 1. The number of fused-ring (bicyclic) bond motifs is 1. The molecule has 180 valence electrons. The number of ether oxygens (including phenoxy) is 1. The predicted molar refractivity (Wildman–Crippen MR) is 132 cm³/mol. The van der Waals surface area contributed by atoms with Crippen LogP contribution in [-0.4, -0.2) is 36.0 Å². The third-order valence-corrected chi connectivity index (χ3v) is 6.16. The molecule has 4 aromatic rings. The van der Waals surface area contributed by atoms with E-state index in [1.165, 1.54) is 0 Å². The molecule has 7 heteroatoms. The van der Waals surface area contributed by atoms with Crippen LogP contribution < -0.4 is 5.32 Å². The maximum Gasteiger partial charge on any atom is 0.292 e. The Labute approximate surface area is 203 Å². The fourth-order valence-electron chi connectivity index (χ4n) is 4.50. The van der Waals surface area contributed by atoms with E-state index in [9.17, 15) is 9.59 Å². The number of aryl methyl sites for hydroxylation is 1. The number of hydrogen-bond acceptors (Lipinski definition) is 5. The van der Waals surface area contributed by atoms with Gasteiger partial charge < -0.3 is 23.8 Å². The zero-order chi connectivity index (χ0) is 24.2. The number of carbonyl (C=O) groups excluding carboxylic acids is 2. The van der Waals surface area contributed by atoms with Gasteiger partial charge in [-0.25, -0.2) is 0 Å². The molecule has 0 spiro atoms. The van der Waals surface area contributed by atoms with Crippen molar-refractivity contribution in [1.82, 2.24) is 4.90 Å². The summed E-state index contributed by atoms with van der Waals surface area (Å²) in [5, 5.41) is 3.64. The molecule has 2 amide bonds. The third-order valence-electron chi connectivity index (χ3n) is 6.16. The SMILES string of the molecule is Cc1cccc(CC(=O)Nc2c(C(=O)N(Cc3ccco3)C[C@H]3CCCO3)oc3ccccc23)c1. The van der Waals surface area contributed by atoms with Crippen molar-refractivity contribution in [3.63, 3.8) is 0 Å². The normalized spacial score (nSPS) is 15.4. The first kappa shape index (κ1) is 22.9.